The summed E-state index contributed by atoms with van der Waals surface area (Å²) in [4.78, 5) is 24.2. The van der Waals surface area contributed by atoms with Crippen molar-refractivity contribution in [3.05, 3.63) is 58.3 Å². The van der Waals surface area contributed by atoms with Crippen LogP contribution >= 0.6 is 11.6 Å². The zero-order valence-electron chi connectivity index (χ0n) is 15.8. The van der Waals surface area contributed by atoms with Gasteiger partial charge in [0.15, 0.2) is 6.61 Å². The molecular weight excluding hydrogens is 382 g/mol. The number of benzene rings is 2. The molecule has 0 radical (unpaired) electrons. The molecule has 0 bridgehead atoms. The number of hydrogen-bond donors (Lipinski definition) is 1. The summed E-state index contributed by atoms with van der Waals surface area (Å²) in [5.41, 5.74) is 4.03. The number of furan rings is 1. The lowest BCUT2D eigenvalue weighted by molar-refractivity contribution is -0.146. The lowest BCUT2D eigenvalue weighted by Gasteiger charge is -2.10. The minimum Gasteiger partial charge on any atom is -0.495 e. The van der Waals surface area contributed by atoms with Crippen molar-refractivity contribution in [2.75, 3.05) is 19.0 Å². The summed E-state index contributed by atoms with van der Waals surface area (Å²) in [6.45, 7) is 3.55. The maximum atomic E-state index is 12.2. The first-order valence-electron chi connectivity index (χ1n) is 8.64. The summed E-state index contributed by atoms with van der Waals surface area (Å²) in [5.74, 6) is -0.550. The first-order valence-corrected chi connectivity index (χ1v) is 9.02. The highest BCUT2D eigenvalue weighted by Crippen LogP contribution is 2.28. The summed E-state index contributed by atoms with van der Waals surface area (Å²) >= 11 is 5.93. The van der Waals surface area contributed by atoms with E-state index in [2.05, 4.69) is 5.32 Å². The molecule has 2 aromatic carbocycles. The molecule has 0 unspecified atom stereocenters. The molecule has 28 heavy (non-hydrogen) atoms. The SMILES string of the molecule is COc1ccc(Cl)cc1NC(=O)COC(=O)Cc1coc2c(C)c(C)ccc12. The van der Waals surface area contributed by atoms with Crippen LogP contribution in [0.1, 0.15) is 16.7 Å². The van der Waals surface area contributed by atoms with Gasteiger partial charge in [0.05, 0.1) is 25.5 Å². The maximum absolute atomic E-state index is 12.2. The molecule has 0 saturated carbocycles. The van der Waals surface area contributed by atoms with Crippen molar-refractivity contribution in [1.82, 2.24) is 0 Å². The van der Waals surface area contributed by atoms with Crippen molar-refractivity contribution in [3.63, 3.8) is 0 Å². The molecule has 0 atom stereocenters. The number of hydrogen-bond acceptors (Lipinski definition) is 5. The number of ether oxygens (including phenoxy) is 2. The predicted molar refractivity (Wildman–Crippen MR) is 107 cm³/mol. The van der Waals surface area contributed by atoms with Crippen LogP contribution in [0.15, 0.2) is 41.0 Å². The molecule has 1 amide bonds. The highest BCUT2D eigenvalue weighted by atomic mass is 35.5. The number of carbonyl (C=O) groups excluding carboxylic acids is 2. The van der Waals surface area contributed by atoms with Crippen LogP contribution in [0.5, 0.6) is 5.75 Å². The van der Waals surface area contributed by atoms with E-state index in [1.807, 2.05) is 26.0 Å². The molecule has 7 heteroatoms. The lowest BCUT2D eigenvalue weighted by atomic mass is 10.0. The molecule has 0 saturated heterocycles. The second kappa shape index (κ2) is 8.35. The Morgan fingerprint density at radius 1 is 1.18 bits per heavy atom. The standard InChI is InChI=1S/C21H20ClNO5/c1-12-4-6-16-14(10-28-21(16)13(12)2)8-20(25)27-11-19(24)23-17-9-15(22)5-7-18(17)26-3/h4-7,9-10H,8,11H2,1-3H3,(H,23,24). The van der Waals surface area contributed by atoms with Crippen LogP contribution < -0.4 is 10.1 Å². The third-order valence-corrected chi connectivity index (χ3v) is 4.71. The molecular formula is C21H20ClNO5. The van der Waals surface area contributed by atoms with Gasteiger partial charge in [-0.3, -0.25) is 9.59 Å². The van der Waals surface area contributed by atoms with Crippen LogP contribution in [-0.4, -0.2) is 25.6 Å². The van der Waals surface area contributed by atoms with Crippen LogP contribution in [0.25, 0.3) is 11.0 Å². The molecule has 146 valence electrons. The van der Waals surface area contributed by atoms with Crippen LogP contribution in [0.3, 0.4) is 0 Å². The van der Waals surface area contributed by atoms with Crippen molar-refractivity contribution < 1.29 is 23.5 Å². The molecule has 1 N–H and O–H groups in total. The van der Waals surface area contributed by atoms with E-state index in [0.29, 0.717) is 16.5 Å². The first-order chi connectivity index (χ1) is 13.4. The van der Waals surface area contributed by atoms with E-state index in [1.54, 1.807) is 24.5 Å². The van der Waals surface area contributed by atoms with E-state index in [-0.39, 0.29) is 6.42 Å². The van der Waals surface area contributed by atoms with Gasteiger partial charge in [0.2, 0.25) is 0 Å². The van der Waals surface area contributed by atoms with Gasteiger partial charge in [-0.15, -0.1) is 0 Å². The van der Waals surface area contributed by atoms with Gasteiger partial charge < -0.3 is 19.2 Å². The topological polar surface area (TPSA) is 77.8 Å². The zero-order valence-corrected chi connectivity index (χ0v) is 16.6. The maximum Gasteiger partial charge on any atom is 0.310 e. The summed E-state index contributed by atoms with van der Waals surface area (Å²) in [7, 11) is 1.48. The number of methoxy groups -OCH3 is 1. The van der Waals surface area contributed by atoms with Crippen molar-refractivity contribution in [3.8, 4) is 5.75 Å². The van der Waals surface area contributed by atoms with Gasteiger partial charge in [0.25, 0.3) is 5.91 Å². The minimum absolute atomic E-state index is 0.0171. The Hall–Kier alpha value is -2.99. The van der Waals surface area contributed by atoms with E-state index in [9.17, 15) is 9.59 Å². The highest BCUT2D eigenvalue weighted by molar-refractivity contribution is 6.31. The summed E-state index contributed by atoms with van der Waals surface area (Å²) in [5, 5.41) is 3.93. The van der Waals surface area contributed by atoms with Gasteiger partial charge in [-0.05, 0) is 43.2 Å². The molecule has 0 spiro atoms. The van der Waals surface area contributed by atoms with Crippen LogP contribution in [-0.2, 0) is 20.7 Å². The average molecular weight is 402 g/mol. The fourth-order valence-corrected chi connectivity index (χ4v) is 3.01. The number of fused-ring (bicyclic) bond motifs is 1. The Bertz CT molecular complexity index is 1040. The van der Waals surface area contributed by atoms with Crippen molar-refractivity contribution in [2.45, 2.75) is 20.3 Å². The van der Waals surface area contributed by atoms with Crippen LogP contribution in [0.2, 0.25) is 5.02 Å². The highest BCUT2D eigenvalue weighted by Gasteiger charge is 2.15. The number of aryl methyl sites for hydroxylation is 2. The fraction of sp³-hybridized carbons (Fsp3) is 0.238. The number of halogens is 1. The van der Waals surface area contributed by atoms with Crippen molar-refractivity contribution in [2.24, 2.45) is 0 Å². The molecule has 6 nitrogen and oxygen atoms in total. The third-order valence-electron chi connectivity index (χ3n) is 4.48. The van der Waals surface area contributed by atoms with Crippen LogP contribution in [0, 0.1) is 13.8 Å². The molecule has 0 fully saturated rings. The fourth-order valence-electron chi connectivity index (χ4n) is 2.84. The molecule has 3 rings (SSSR count). The number of nitrogens with one attached hydrogen (secondary N) is 1. The summed E-state index contributed by atoms with van der Waals surface area (Å²) in [6.07, 6.45) is 1.57. The number of carbonyl (C=O) groups is 2. The quantitative estimate of drug-likeness (QED) is 0.618. The first kappa shape index (κ1) is 19.8. The Balaban J connectivity index is 1.60. The molecule has 0 aliphatic carbocycles. The van der Waals surface area contributed by atoms with E-state index in [4.69, 9.17) is 25.5 Å². The summed E-state index contributed by atoms with van der Waals surface area (Å²) < 4.78 is 15.8. The van der Waals surface area contributed by atoms with E-state index < -0.39 is 18.5 Å². The summed E-state index contributed by atoms with van der Waals surface area (Å²) in [6, 6.07) is 8.74. The molecule has 1 aromatic heterocycles. The van der Waals surface area contributed by atoms with E-state index in [0.717, 1.165) is 27.7 Å². The smallest absolute Gasteiger partial charge is 0.310 e. The number of amides is 1. The van der Waals surface area contributed by atoms with Crippen LogP contribution in [0.4, 0.5) is 5.69 Å². The van der Waals surface area contributed by atoms with Gasteiger partial charge in [-0.2, -0.15) is 0 Å². The van der Waals surface area contributed by atoms with Gasteiger partial charge in [-0.25, -0.2) is 0 Å². The van der Waals surface area contributed by atoms with Crippen molar-refractivity contribution >= 4 is 40.1 Å². The number of rotatable bonds is 6. The van der Waals surface area contributed by atoms with E-state index >= 15 is 0 Å². The molecule has 0 aliphatic heterocycles. The van der Waals surface area contributed by atoms with Gasteiger partial charge >= 0.3 is 5.97 Å². The number of esters is 1. The predicted octanol–water partition coefficient (Wildman–Crippen LogP) is 4.44. The zero-order chi connectivity index (χ0) is 20.3. The molecule has 0 aliphatic rings. The Morgan fingerprint density at radius 3 is 2.71 bits per heavy atom. The van der Waals surface area contributed by atoms with Crippen molar-refractivity contribution in [1.29, 1.82) is 0 Å². The van der Waals surface area contributed by atoms with Gasteiger partial charge in [0.1, 0.15) is 11.3 Å². The third kappa shape index (κ3) is 4.28. The second-order valence-electron chi connectivity index (χ2n) is 6.38. The van der Waals surface area contributed by atoms with E-state index in [1.165, 1.54) is 7.11 Å². The Labute approximate surface area is 167 Å². The Kier molecular flexibility index (Phi) is 5.90. The normalized spacial score (nSPS) is 10.7. The molecule has 3 aromatic rings. The van der Waals surface area contributed by atoms with Gasteiger partial charge in [0, 0.05) is 16.0 Å². The molecule has 1 heterocycles. The minimum atomic E-state index is -0.519. The Morgan fingerprint density at radius 2 is 1.96 bits per heavy atom. The largest absolute Gasteiger partial charge is 0.495 e. The van der Waals surface area contributed by atoms with Gasteiger partial charge in [-0.1, -0.05) is 23.7 Å². The lowest BCUT2D eigenvalue weighted by Crippen LogP contribution is -2.21. The number of anilines is 1. The second-order valence-corrected chi connectivity index (χ2v) is 6.81. The monoisotopic (exact) mass is 401 g/mol. The average Bonchev–Trinajstić information content (AvgIpc) is 3.06.